The molecule has 0 saturated carbocycles. The van der Waals surface area contributed by atoms with Crippen LogP contribution in [-0.2, 0) is 7.05 Å². The number of nitrogens with zero attached hydrogens (tertiary/aromatic N) is 3. The van der Waals surface area contributed by atoms with Gasteiger partial charge in [0.2, 0.25) is 0 Å². The summed E-state index contributed by atoms with van der Waals surface area (Å²) in [6.07, 6.45) is 5.05. The average molecular weight is 215 g/mol. The Hall–Kier alpha value is -1.97. The van der Waals surface area contributed by atoms with Gasteiger partial charge in [-0.1, -0.05) is 0 Å². The normalized spacial score (nSPS) is 10.4. The molecule has 2 aromatic heterocycles. The summed E-state index contributed by atoms with van der Waals surface area (Å²) >= 11 is 0. The predicted molar refractivity (Wildman–Crippen MR) is 60.4 cm³/mol. The van der Waals surface area contributed by atoms with E-state index >= 15 is 0 Å². The van der Waals surface area contributed by atoms with Crippen molar-refractivity contribution in [1.29, 1.82) is 0 Å². The first-order valence-electron chi connectivity index (χ1n) is 5.04. The second kappa shape index (κ2) is 3.89. The van der Waals surface area contributed by atoms with E-state index in [-0.39, 0.29) is 5.78 Å². The van der Waals surface area contributed by atoms with E-state index in [1.165, 1.54) is 0 Å². The van der Waals surface area contributed by atoms with Crippen molar-refractivity contribution < 1.29 is 4.79 Å². The number of carbonyl (C=O) groups is 1. The van der Waals surface area contributed by atoms with E-state index in [4.69, 9.17) is 0 Å². The van der Waals surface area contributed by atoms with Crippen LogP contribution in [0, 0.1) is 13.8 Å². The molecule has 2 rings (SSSR count). The predicted octanol–water partition coefficient (Wildman–Crippen LogP) is 1.66. The zero-order valence-electron chi connectivity index (χ0n) is 9.56. The number of aryl methyl sites for hydroxylation is 3. The fourth-order valence-corrected chi connectivity index (χ4v) is 1.66. The minimum atomic E-state index is -0.0261. The zero-order chi connectivity index (χ0) is 11.7. The number of aromatic nitrogens is 3. The topological polar surface area (TPSA) is 47.8 Å². The van der Waals surface area contributed by atoms with Crippen LogP contribution in [0.2, 0.25) is 0 Å². The van der Waals surface area contributed by atoms with Crippen molar-refractivity contribution in [3.63, 3.8) is 0 Å². The Morgan fingerprint density at radius 1 is 1.31 bits per heavy atom. The van der Waals surface area contributed by atoms with E-state index in [0.29, 0.717) is 11.1 Å². The molecule has 0 atom stereocenters. The first-order chi connectivity index (χ1) is 7.58. The molecule has 0 N–H and O–H groups in total. The largest absolute Gasteiger partial charge is 0.288 e. The fourth-order valence-electron chi connectivity index (χ4n) is 1.66. The number of rotatable bonds is 2. The Bertz CT molecular complexity index is 543. The molecule has 0 bridgehead atoms. The Morgan fingerprint density at radius 2 is 2.06 bits per heavy atom. The summed E-state index contributed by atoms with van der Waals surface area (Å²) in [5.41, 5.74) is 2.97. The summed E-state index contributed by atoms with van der Waals surface area (Å²) in [6, 6.07) is 1.84. The molecule has 0 spiro atoms. The summed E-state index contributed by atoms with van der Waals surface area (Å²) in [6.45, 7) is 3.75. The molecular formula is C12H13N3O. The van der Waals surface area contributed by atoms with Gasteiger partial charge in [0.15, 0.2) is 5.78 Å². The molecular weight excluding hydrogens is 202 g/mol. The molecule has 0 unspecified atom stereocenters. The molecule has 0 saturated heterocycles. The maximum absolute atomic E-state index is 12.1. The van der Waals surface area contributed by atoms with Crippen LogP contribution in [-0.4, -0.2) is 20.5 Å². The molecule has 4 nitrogen and oxygen atoms in total. The Labute approximate surface area is 93.9 Å². The second-order valence-electron chi connectivity index (χ2n) is 3.88. The van der Waals surface area contributed by atoms with Crippen molar-refractivity contribution in [2.24, 2.45) is 7.05 Å². The van der Waals surface area contributed by atoms with Crippen LogP contribution in [0.4, 0.5) is 0 Å². The average Bonchev–Trinajstić information content (AvgIpc) is 2.57. The van der Waals surface area contributed by atoms with E-state index in [9.17, 15) is 4.79 Å². The first kappa shape index (κ1) is 10.5. The Kier molecular flexibility index (Phi) is 2.56. The van der Waals surface area contributed by atoms with E-state index < -0.39 is 0 Å². The van der Waals surface area contributed by atoms with Crippen molar-refractivity contribution >= 4 is 5.78 Å². The van der Waals surface area contributed by atoms with Crippen molar-refractivity contribution in [2.75, 3.05) is 0 Å². The third-order valence-corrected chi connectivity index (χ3v) is 2.40. The van der Waals surface area contributed by atoms with Gasteiger partial charge in [0, 0.05) is 31.2 Å². The van der Waals surface area contributed by atoms with Gasteiger partial charge in [0.1, 0.15) is 0 Å². The fraction of sp³-hybridized carbons (Fsp3) is 0.250. The lowest BCUT2D eigenvalue weighted by Gasteiger charge is -1.99. The molecule has 0 amide bonds. The lowest BCUT2D eigenvalue weighted by molar-refractivity contribution is 0.103. The summed E-state index contributed by atoms with van der Waals surface area (Å²) in [5, 5.41) is 4.16. The maximum Gasteiger partial charge on any atom is 0.198 e. The molecule has 82 valence electrons. The van der Waals surface area contributed by atoms with Gasteiger partial charge < -0.3 is 0 Å². The number of pyridine rings is 1. The van der Waals surface area contributed by atoms with Gasteiger partial charge in [-0.2, -0.15) is 5.10 Å². The van der Waals surface area contributed by atoms with Crippen LogP contribution >= 0.6 is 0 Å². The van der Waals surface area contributed by atoms with Gasteiger partial charge in [-0.25, -0.2) is 0 Å². The molecule has 16 heavy (non-hydrogen) atoms. The van der Waals surface area contributed by atoms with Crippen LogP contribution in [0.5, 0.6) is 0 Å². The number of carbonyl (C=O) groups excluding carboxylic acids is 1. The number of hydrogen-bond donors (Lipinski definition) is 0. The van der Waals surface area contributed by atoms with E-state index in [1.54, 1.807) is 30.3 Å². The van der Waals surface area contributed by atoms with Crippen molar-refractivity contribution in [2.45, 2.75) is 13.8 Å². The quantitative estimate of drug-likeness (QED) is 0.716. The molecule has 0 aliphatic carbocycles. The molecule has 0 fully saturated rings. The molecule has 0 aliphatic rings. The van der Waals surface area contributed by atoms with Gasteiger partial charge >= 0.3 is 0 Å². The van der Waals surface area contributed by atoms with Crippen LogP contribution in [0.25, 0.3) is 0 Å². The van der Waals surface area contributed by atoms with Gasteiger partial charge in [-0.15, -0.1) is 0 Å². The smallest absolute Gasteiger partial charge is 0.198 e. The SMILES string of the molecule is Cc1cncc(C(=O)c2cn(C)nc2C)c1. The van der Waals surface area contributed by atoms with Crippen molar-refractivity contribution in [1.82, 2.24) is 14.8 Å². The zero-order valence-corrected chi connectivity index (χ0v) is 9.56. The van der Waals surface area contributed by atoms with E-state index in [0.717, 1.165) is 11.3 Å². The summed E-state index contributed by atoms with van der Waals surface area (Å²) in [4.78, 5) is 16.2. The summed E-state index contributed by atoms with van der Waals surface area (Å²) in [5.74, 6) is -0.0261. The first-order valence-corrected chi connectivity index (χ1v) is 5.04. The standard InChI is InChI=1S/C12H13N3O/c1-8-4-10(6-13-5-8)12(16)11-7-15(3)14-9(11)2/h4-7H,1-3H3. The Balaban J connectivity index is 2.43. The van der Waals surface area contributed by atoms with Crippen molar-refractivity contribution in [3.05, 3.63) is 47.0 Å². The highest BCUT2D eigenvalue weighted by molar-refractivity contribution is 6.09. The molecule has 2 aromatic rings. The maximum atomic E-state index is 12.1. The lowest BCUT2D eigenvalue weighted by Crippen LogP contribution is -2.02. The third-order valence-electron chi connectivity index (χ3n) is 2.40. The second-order valence-corrected chi connectivity index (χ2v) is 3.88. The molecule has 2 heterocycles. The van der Waals surface area contributed by atoms with Gasteiger partial charge in [-0.3, -0.25) is 14.5 Å². The lowest BCUT2D eigenvalue weighted by atomic mass is 10.1. The monoisotopic (exact) mass is 215 g/mol. The van der Waals surface area contributed by atoms with Gasteiger partial charge in [0.25, 0.3) is 0 Å². The highest BCUT2D eigenvalue weighted by Gasteiger charge is 2.14. The Morgan fingerprint density at radius 3 is 2.62 bits per heavy atom. The molecule has 0 aromatic carbocycles. The third kappa shape index (κ3) is 1.86. The van der Waals surface area contributed by atoms with Crippen molar-refractivity contribution in [3.8, 4) is 0 Å². The summed E-state index contributed by atoms with van der Waals surface area (Å²) < 4.78 is 1.64. The highest BCUT2D eigenvalue weighted by atomic mass is 16.1. The number of ketones is 1. The van der Waals surface area contributed by atoms with Crippen LogP contribution in [0.15, 0.2) is 24.7 Å². The van der Waals surface area contributed by atoms with E-state index in [2.05, 4.69) is 10.1 Å². The number of hydrogen-bond acceptors (Lipinski definition) is 3. The highest BCUT2D eigenvalue weighted by Crippen LogP contribution is 2.12. The van der Waals surface area contributed by atoms with Crippen LogP contribution in [0.1, 0.15) is 27.2 Å². The molecule has 0 aliphatic heterocycles. The minimum Gasteiger partial charge on any atom is -0.288 e. The van der Waals surface area contributed by atoms with Gasteiger partial charge in [0.05, 0.1) is 11.3 Å². The van der Waals surface area contributed by atoms with Crippen LogP contribution in [0.3, 0.4) is 0 Å². The molecule has 4 heteroatoms. The summed E-state index contributed by atoms with van der Waals surface area (Å²) in [7, 11) is 1.80. The molecule has 0 radical (unpaired) electrons. The van der Waals surface area contributed by atoms with Gasteiger partial charge in [-0.05, 0) is 25.5 Å². The minimum absolute atomic E-state index is 0.0261. The van der Waals surface area contributed by atoms with Crippen LogP contribution < -0.4 is 0 Å². The van der Waals surface area contributed by atoms with E-state index in [1.807, 2.05) is 19.9 Å².